The molecule has 0 radical (unpaired) electrons. The standard InChI is InChI=1S/C11H14BrN5/c1-7-11(12)8(2)17(16-7)6-9-4-3-5-10(14-9)15-13/h3-5H,6,13H2,1-2H3,(H,14,15). The topological polar surface area (TPSA) is 68.8 Å². The summed E-state index contributed by atoms with van der Waals surface area (Å²) in [5, 5.41) is 4.44. The Hall–Kier alpha value is -1.40. The van der Waals surface area contributed by atoms with Crippen molar-refractivity contribution in [2.45, 2.75) is 20.4 Å². The third-order valence-electron chi connectivity index (χ3n) is 2.56. The quantitative estimate of drug-likeness (QED) is 0.671. The smallest absolute Gasteiger partial charge is 0.140 e. The van der Waals surface area contributed by atoms with Crippen molar-refractivity contribution < 1.29 is 0 Å². The molecule has 6 heteroatoms. The van der Waals surface area contributed by atoms with Crippen LogP contribution in [0.1, 0.15) is 17.1 Å². The molecule has 0 bridgehead atoms. The van der Waals surface area contributed by atoms with Crippen LogP contribution in [0.25, 0.3) is 0 Å². The molecule has 2 heterocycles. The molecule has 2 aromatic heterocycles. The lowest BCUT2D eigenvalue weighted by molar-refractivity contribution is 0.647. The van der Waals surface area contributed by atoms with Crippen molar-refractivity contribution in [3.63, 3.8) is 0 Å². The van der Waals surface area contributed by atoms with Crippen LogP contribution in [0.4, 0.5) is 5.82 Å². The molecule has 0 spiro atoms. The van der Waals surface area contributed by atoms with Gasteiger partial charge in [-0.3, -0.25) is 4.68 Å². The fourth-order valence-electron chi connectivity index (χ4n) is 1.63. The first-order valence-electron chi connectivity index (χ1n) is 5.24. The summed E-state index contributed by atoms with van der Waals surface area (Å²) in [7, 11) is 0. The summed E-state index contributed by atoms with van der Waals surface area (Å²) in [5.74, 6) is 5.98. The van der Waals surface area contributed by atoms with Crippen molar-refractivity contribution in [1.82, 2.24) is 14.8 Å². The highest BCUT2D eigenvalue weighted by Crippen LogP contribution is 2.20. The minimum atomic E-state index is 0.633. The van der Waals surface area contributed by atoms with Crippen molar-refractivity contribution in [3.05, 3.63) is 39.8 Å². The zero-order chi connectivity index (χ0) is 12.4. The number of nitrogen functional groups attached to an aromatic ring is 1. The minimum absolute atomic E-state index is 0.633. The van der Waals surface area contributed by atoms with Crippen molar-refractivity contribution >= 4 is 21.7 Å². The number of anilines is 1. The van der Waals surface area contributed by atoms with Crippen LogP contribution in [-0.2, 0) is 6.54 Å². The van der Waals surface area contributed by atoms with Gasteiger partial charge in [0, 0.05) is 0 Å². The van der Waals surface area contributed by atoms with E-state index in [9.17, 15) is 0 Å². The summed E-state index contributed by atoms with van der Waals surface area (Å²) < 4.78 is 2.97. The van der Waals surface area contributed by atoms with Crippen LogP contribution in [0.2, 0.25) is 0 Å². The summed E-state index contributed by atoms with van der Waals surface area (Å²) in [6.07, 6.45) is 0. The van der Waals surface area contributed by atoms with Gasteiger partial charge in [-0.2, -0.15) is 5.10 Å². The first kappa shape index (κ1) is 12.1. The average Bonchev–Trinajstić information content (AvgIpc) is 2.57. The number of nitrogens with one attached hydrogen (secondary N) is 1. The molecule has 0 saturated carbocycles. The molecule has 0 fully saturated rings. The van der Waals surface area contributed by atoms with E-state index in [2.05, 4.69) is 31.4 Å². The van der Waals surface area contributed by atoms with Crippen LogP contribution in [0.3, 0.4) is 0 Å². The molecule has 5 nitrogen and oxygen atoms in total. The molecule has 90 valence electrons. The zero-order valence-corrected chi connectivity index (χ0v) is 11.3. The Morgan fingerprint density at radius 3 is 2.76 bits per heavy atom. The molecule has 0 saturated heterocycles. The molecule has 2 rings (SSSR count). The number of rotatable bonds is 3. The minimum Gasteiger partial charge on any atom is -0.308 e. The SMILES string of the molecule is Cc1nn(Cc2cccc(NN)n2)c(C)c1Br. The fraction of sp³-hybridized carbons (Fsp3) is 0.273. The maximum atomic E-state index is 5.33. The Kier molecular flexibility index (Phi) is 3.44. The third kappa shape index (κ3) is 2.48. The number of pyridine rings is 1. The van der Waals surface area contributed by atoms with Gasteiger partial charge in [-0.15, -0.1) is 0 Å². The molecule has 0 atom stereocenters. The maximum absolute atomic E-state index is 5.33. The number of hydrazine groups is 1. The Bertz CT molecular complexity index is 535. The number of aromatic nitrogens is 3. The Morgan fingerprint density at radius 2 is 2.18 bits per heavy atom. The van der Waals surface area contributed by atoms with Crippen molar-refractivity contribution in [3.8, 4) is 0 Å². The first-order chi connectivity index (χ1) is 8.11. The van der Waals surface area contributed by atoms with E-state index in [-0.39, 0.29) is 0 Å². The largest absolute Gasteiger partial charge is 0.308 e. The van der Waals surface area contributed by atoms with Gasteiger partial charge >= 0.3 is 0 Å². The molecule has 17 heavy (non-hydrogen) atoms. The predicted octanol–water partition coefficient (Wildman–Crippen LogP) is 1.99. The highest BCUT2D eigenvalue weighted by Gasteiger charge is 2.09. The zero-order valence-electron chi connectivity index (χ0n) is 9.74. The molecule has 0 amide bonds. The van der Waals surface area contributed by atoms with E-state index < -0.39 is 0 Å². The Labute approximate surface area is 108 Å². The van der Waals surface area contributed by atoms with Gasteiger partial charge in [-0.1, -0.05) is 6.07 Å². The summed E-state index contributed by atoms with van der Waals surface area (Å²) in [6, 6.07) is 5.68. The molecular weight excluding hydrogens is 282 g/mol. The molecule has 0 aliphatic heterocycles. The summed E-state index contributed by atoms with van der Waals surface area (Å²) in [4.78, 5) is 4.35. The van der Waals surface area contributed by atoms with Crippen LogP contribution in [0, 0.1) is 13.8 Å². The first-order valence-corrected chi connectivity index (χ1v) is 6.03. The lowest BCUT2D eigenvalue weighted by Gasteiger charge is -2.05. The molecule has 2 aromatic rings. The van der Waals surface area contributed by atoms with Crippen LogP contribution in [-0.4, -0.2) is 14.8 Å². The average molecular weight is 296 g/mol. The van der Waals surface area contributed by atoms with E-state index in [4.69, 9.17) is 5.84 Å². The van der Waals surface area contributed by atoms with Crippen molar-refractivity contribution in [2.75, 3.05) is 5.43 Å². The van der Waals surface area contributed by atoms with Gasteiger partial charge in [0.2, 0.25) is 0 Å². The Balaban J connectivity index is 2.28. The molecule has 0 aliphatic carbocycles. The van der Waals surface area contributed by atoms with E-state index >= 15 is 0 Å². The van der Waals surface area contributed by atoms with Gasteiger partial charge in [-0.25, -0.2) is 10.8 Å². The number of nitrogens with zero attached hydrogens (tertiary/aromatic N) is 3. The summed E-state index contributed by atoms with van der Waals surface area (Å²) in [6.45, 7) is 4.63. The monoisotopic (exact) mass is 295 g/mol. The van der Waals surface area contributed by atoms with Crippen LogP contribution in [0.5, 0.6) is 0 Å². The van der Waals surface area contributed by atoms with Gasteiger partial charge in [0.05, 0.1) is 28.1 Å². The van der Waals surface area contributed by atoms with E-state index in [1.807, 2.05) is 36.7 Å². The highest BCUT2D eigenvalue weighted by atomic mass is 79.9. The van der Waals surface area contributed by atoms with Gasteiger partial charge in [0.15, 0.2) is 0 Å². The van der Waals surface area contributed by atoms with Crippen molar-refractivity contribution in [1.29, 1.82) is 0 Å². The van der Waals surface area contributed by atoms with Gasteiger partial charge in [0.1, 0.15) is 5.82 Å². The molecule has 0 aliphatic rings. The summed E-state index contributed by atoms with van der Waals surface area (Å²) in [5.41, 5.74) is 5.52. The lowest BCUT2D eigenvalue weighted by Crippen LogP contribution is -2.11. The van der Waals surface area contributed by atoms with Gasteiger partial charge in [-0.05, 0) is 41.9 Å². The fourth-order valence-corrected chi connectivity index (χ4v) is 1.91. The predicted molar refractivity (Wildman–Crippen MR) is 70.6 cm³/mol. The molecule has 0 aromatic carbocycles. The second kappa shape index (κ2) is 4.85. The number of hydrogen-bond acceptors (Lipinski definition) is 4. The van der Waals surface area contributed by atoms with E-state index in [1.165, 1.54) is 0 Å². The van der Waals surface area contributed by atoms with Gasteiger partial charge in [0.25, 0.3) is 0 Å². The molecule has 3 N–H and O–H groups in total. The number of aryl methyl sites for hydroxylation is 1. The number of nitrogens with two attached hydrogens (primary N) is 1. The van der Waals surface area contributed by atoms with Crippen LogP contribution >= 0.6 is 15.9 Å². The second-order valence-corrected chi connectivity index (χ2v) is 4.59. The van der Waals surface area contributed by atoms with E-state index in [0.29, 0.717) is 12.4 Å². The van der Waals surface area contributed by atoms with E-state index in [0.717, 1.165) is 21.6 Å². The highest BCUT2D eigenvalue weighted by molar-refractivity contribution is 9.10. The maximum Gasteiger partial charge on any atom is 0.140 e. The lowest BCUT2D eigenvalue weighted by atomic mass is 10.3. The van der Waals surface area contributed by atoms with E-state index in [1.54, 1.807) is 0 Å². The molecular formula is C11H14BrN5. The number of hydrogen-bond donors (Lipinski definition) is 2. The van der Waals surface area contributed by atoms with Crippen molar-refractivity contribution in [2.24, 2.45) is 5.84 Å². The van der Waals surface area contributed by atoms with Gasteiger partial charge < -0.3 is 5.43 Å². The Morgan fingerprint density at radius 1 is 1.41 bits per heavy atom. The summed E-state index contributed by atoms with van der Waals surface area (Å²) >= 11 is 3.51. The normalized spacial score (nSPS) is 10.6. The molecule has 0 unspecified atom stereocenters. The van der Waals surface area contributed by atoms with Crippen LogP contribution in [0.15, 0.2) is 22.7 Å². The second-order valence-electron chi connectivity index (χ2n) is 3.80. The number of halogens is 1. The third-order valence-corrected chi connectivity index (χ3v) is 3.71. The van der Waals surface area contributed by atoms with Crippen LogP contribution < -0.4 is 11.3 Å².